The summed E-state index contributed by atoms with van der Waals surface area (Å²) in [5.41, 5.74) is 13.5. The largest absolute Gasteiger partial charge is 0.404 e. The molecule has 22 heavy (non-hydrogen) atoms. The second kappa shape index (κ2) is 8.63. The van der Waals surface area contributed by atoms with Crippen LogP contribution in [0.15, 0.2) is 53.7 Å². The first kappa shape index (κ1) is 17.5. The second-order valence-electron chi connectivity index (χ2n) is 4.97. The van der Waals surface area contributed by atoms with Gasteiger partial charge in [-0.2, -0.15) is 0 Å². The van der Waals surface area contributed by atoms with E-state index < -0.39 is 0 Å². The lowest BCUT2D eigenvalue weighted by Gasteiger charge is -2.11. The van der Waals surface area contributed by atoms with Crippen LogP contribution >= 0.6 is 0 Å². The van der Waals surface area contributed by atoms with Crippen molar-refractivity contribution in [2.75, 3.05) is 11.9 Å². The number of nitrogens with two attached hydrogens (primary N) is 2. The van der Waals surface area contributed by atoms with E-state index >= 15 is 0 Å². The van der Waals surface area contributed by atoms with Gasteiger partial charge in [-0.1, -0.05) is 26.5 Å². The molecule has 1 amide bonds. The molecule has 0 unspecified atom stereocenters. The fourth-order valence-electron chi connectivity index (χ4n) is 1.61. The Kier molecular flexibility index (Phi) is 6.85. The molecule has 0 aromatic heterocycles. The van der Waals surface area contributed by atoms with Crippen LogP contribution in [-0.2, 0) is 4.79 Å². The smallest absolute Gasteiger partial charge is 0.247 e. The SMILES string of the molecule is C=CC(=O)Nc1cccc(N=C(N)/C(=C\N)CNC(C)C)c1. The lowest BCUT2D eigenvalue weighted by molar-refractivity contribution is -0.111. The van der Waals surface area contributed by atoms with Gasteiger partial charge in [-0.15, -0.1) is 0 Å². The van der Waals surface area contributed by atoms with E-state index in [9.17, 15) is 4.79 Å². The Bertz CT molecular complexity index is 590. The summed E-state index contributed by atoms with van der Waals surface area (Å²) in [6, 6.07) is 7.37. The molecule has 1 rings (SSSR count). The highest BCUT2D eigenvalue weighted by Gasteiger charge is 2.05. The molecule has 0 bridgehead atoms. The number of carbonyl (C=O) groups excluding carboxylic acids is 1. The van der Waals surface area contributed by atoms with Crippen LogP contribution in [0.4, 0.5) is 11.4 Å². The minimum absolute atomic E-state index is 0.280. The summed E-state index contributed by atoms with van der Waals surface area (Å²) < 4.78 is 0. The number of aliphatic imine (C=N–C) groups is 1. The van der Waals surface area contributed by atoms with Crippen LogP contribution < -0.4 is 22.1 Å². The summed E-state index contributed by atoms with van der Waals surface area (Å²) in [6.45, 7) is 8.02. The lowest BCUT2D eigenvalue weighted by Crippen LogP contribution is -2.30. The zero-order valence-electron chi connectivity index (χ0n) is 13.0. The molecule has 0 saturated carbocycles. The van der Waals surface area contributed by atoms with E-state index in [2.05, 4.69) is 22.2 Å². The van der Waals surface area contributed by atoms with Crippen LogP contribution in [0, 0.1) is 0 Å². The predicted octanol–water partition coefficient (Wildman–Crippen LogP) is 1.64. The first-order valence-corrected chi connectivity index (χ1v) is 6.98. The van der Waals surface area contributed by atoms with Crippen molar-refractivity contribution in [2.24, 2.45) is 16.5 Å². The number of hydrogen-bond donors (Lipinski definition) is 4. The molecule has 6 N–H and O–H groups in total. The predicted molar refractivity (Wildman–Crippen MR) is 92.0 cm³/mol. The Morgan fingerprint density at radius 2 is 2.18 bits per heavy atom. The number of carbonyl (C=O) groups is 1. The molecular formula is C16H23N5O. The summed E-state index contributed by atoms with van der Waals surface area (Å²) in [5, 5.41) is 5.90. The zero-order valence-corrected chi connectivity index (χ0v) is 13.0. The minimum Gasteiger partial charge on any atom is -0.404 e. The molecule has 0 aliphatic heterocycles. The van der Waals surface area contributed by atoms with Gasteiger partial charge in [0.25, 0.3) is 0 Å². The van der Waals surface area contributed by atoms with Crippen LogP contribution in [0.5, 0.6) is 0 Å². The number of hydrogen-bond acceptors (Lipinski definition) is 4. The van der Waals surface area contributed by atoms with Gasteiger partial charge in [0.05, 0.1) is 5.69 Å². The van der Waals surface area contributed by atoms with Crippen molar-refractivity contribution in [2.45, 2.75) is 19.9 Å². The number of amidine groups is 1. The molecule has 0 aliphatic carbocycles. The quantitative estimate of drug-likeness (QED) is 0.349. The number of nitrogens with one attached hydrogen (secondary N) is 2. The third-order valence-electron chi connectivity index (χ3n) is 2.78. The van der Waals surface area contributed by atoms with Gasteiger partial charge in [0.15, 0.2) is 0 Å². The molecule has 1 aromatic carbocycles. The highest BCUT2D eigenvalue weighted by Crippen LogP contribution is 2.18. The van der Waals surface area contributed by atoms with Crippen LogP contribution in [0.3, 0.4) is 0 Å². The van der Waals surface area contributed by atoms with E-state index in [0.29, 0.717) is 35.4 Å². The van der Waals surface area contributed by atoms with Gasteiger partial charge in [-0.3, -0.25) is 4.79 Å². The maximum atomic E-state index is 11.3. The maximum Gasteiger partial charge on any atom is 0.247 e. The van der Waals surface area contributed by atoms with Crippen molar-refractivity contribution >= 4 is 23.1 Å². The van der Waals surface area contributed by atoms with Gasteiger partial charge in [0, 0.05) is 30.0 Å². The van der Waals surface area contributed by atoms with Crippen molar-refractivity contribution in [1.29, 1.82) is 0 Å². The summed E-state index contributed by atoms with van der Waals surface area (Å²) >= 11 is 0. The molecule has 0 radical (unpaired) electrons. The minimum atomic E-state index is -0.280. The normalized spacial score (nSPS) is 12.3. The van der Waals surface area contributed by atoms with Gasteiger partial charge in [0.1, 0.15) is 5.84 Å². The van der Waals surface area contributed by atoms with Crippen molar-refractivity contribution in [3.05, 3.63) is 48.7 Å². The molecule has 118 valence electrons. The number of nitrogens with zero attached hydrogens (tertiary/aromatic N) is 1. The highest BCUT2D eigenvalue weighted by atomic mass is 16.1. The van der Waals surface area contributed by atoms with Gasteiger partial charge in [-0.05, 0) is 24.3 Å². The summed E-state index contributed by atoms with van der Waals surface area (Å²) in [6.07, 6.45) is 2.65. The third kappa shape index (κ3) is 5.80. The van der Waals surface area contributed by atoms with Crippen LogP contribution in [-0.4, -0.2) is 24.3 Å². The van der Waals surface area contributed by atoms with Crippen molar-refractivity contribution in [3.63, 3.8) is 0 Å². The molecular weight excluding hydrogens is 278 g/mol. The molecule has 6 heteroatoms. The fourth-order valence-corrected chi connectivity index (χ4v) is 1.61. The average molecular weight is 301 g/mol. The maximum absolute atomic E-state index is 11.3. The Morgan fingerprint density at radius 1 is 1.45 bits per heavy atom. The molecule has 6 nitrogen and oxygen atoms in total. The summed E-state index contributed by atoms with van der Waals surface area (Å²) in [7, 11) is 0. The van der Waals surface area contributed by atoms with Crippen LogP contribution in [0.1, 0.15) is 13.8 Å². The molecule has 0 spiro atoms. The van der Waals surface area contributed by atoms with Crippen molar-refractivity contribution in [3.8, 4) is 0 Å². The summed E-state index contributed by atoms with van der Waals surface area (Å²) in [4.78, 5) is 15.6. The van der Waals surface area contributed by atoms with E-state index in [1.54, 1.807) is 24.3 Å². The Morgan fingerprint density at radius 3 is 2.77 bits per heavy atom. The van der Waals surface area contributed by atoms with Crippen molar-refractivity contribution < 1.29 is 4.79 Å². The van der Waals surface area contributed by atoms with Gasteiger partial charge in [0.2, 0.25) is 5.91 Å². The van der Waals surface area contributed by atoms with E-state index in [-0.39, 0.29) is 5.91 Å². The molecule has 0 heterocycles. The fraction of sp³-hybridized carbons (Fsp3) is 0.250. The van der Waals surface area contributed by atoms with Gasteiger partial charge in [-0.25, -0.2) is 4.99 Å². The zero-order chi connectivity index (χ0) is 16.5. The molecule has 0 atom stereocenters. The second-order valence-corrected chi connectivity index (χ2v) is 4.97. The number of amides is 1. The van der Waals surface area contributed by atoms with Crippen LogP contribution in [0.25, 0.3) is 0 Å². The van der Waals surface area contributed by atoms with E-state index in [1.807, 2.05) is 13.8 Å². The van der Waals surface area contributed by atoms with Crippen molar-refractivity contribution in [1.82, 2.24) is 5.32 Å². The van der Waals surface area contributed by atoms with E-state index in [1.165, 1.54) is 12.3 Å². The van der Waals surface area contributed by atoms with Gasteiger partial charge >= 0.3 is 0 Å². The highest BCUT2D eigenvalue weighted by molar-refractivity contribution is 6.00. The Hall–Kier alpha value is -2.60. The first-order chi connectivity index (χ1) is 10.5. The Labute approximate surface area is 131 Å². The van der Waals surface area contributed by atoms with E-state index in [0.717, 1.165) is 0 Å². The van der Waals surface area contributed by atoms with Crippen LogP contribution in [0.2, 0.25) is 0 Å². The Balaban J connectivity index is 2.88. The molecule has 0 fully saturated rings. The number of anilines is 1. The topological polar surface area (TPSA) is 106 Å². The molecule has 0 saturated heterocycles. The summed E-state index contributed by atoms with van der Waals surface area (Å²) in [5.74, 6) is 0.0561. The lowest BCUT2D eigenvalue weighted by atomic mass is 10.2. The van der Waals surface area contributed by atoms with Gasteiger partial charge < -0.3 is 22.1 Å². The molecule has 1 aromatic rings. The monoisotopic (exact) mass is 301 g/mol. The standard InChI is InChI=1S/C16H23N5O/c1-4-15(22)20-13-6-5-7-14(8-13)21-16(18)12(9-17)10-19-11(2)3/h4-9,11,19H,1,10,17H2,2-3H3,(H2,18,21)(H,20,22)/b12-9-. The number of rotatable bonds is 7. The molecule has 0 aliphatic rings. The average Bonchev–Trinajstić information content (AvgIpc) is 2.47. The van der Waals surface area contributed by atoms with E-state index in [4.69, 9.17) is 11.5 Å². The third-order valence-corrected chi connectivity index (χ3v) is 2.78. The number of benzene rings is 1. The first-order valence-electron chi connectivity index (χ1n) is 6.98.